The summed E-state index contributed by atoms with van der Waals surface area (Å²) in [5.41, 5.74) is 0. The lowest BCUT2D eigenvalue weighted by Gasteiger charge is -2.30. The van der Waals surface area contributed by atoms with Crippen molar-refractivity contribution in [1.29, 1.82) is 0 Å². The molecule has 1 atom stereocenters. The number of nitrogens with zero attached hydrogens (tertiary/aromatic N) is 2. The SMILES string of the molecule is CCCCCCCCCCCCCCCCCN1C=CN(C)C1CCCCCCCCCCCCCC. The number of rotatable bonds is 29. The van der Waals surface area contributed by atoms with E-state index in [9.17, 15) is 0 Å². The smallest absolute Gasteiger partial charge is 0.100 e. The van der Waals surface area contributed by atoms with Crippen molar-refractivity contribution in [2.45, 2.75) is 200 Å². The molecule has 37 heavy (non-hydrogen) atoms. The van der Waals surface area contributed by atoms with E-state index in [1.807, 2.05) is 0 Å². The zero-order valence-electron chi connectivity index (χ0n) is 26.1. The van der Waals surface area contributed by atoms with Crippen molar-refractivity contribution >= 4 is 0 Å². The van der Waals surface area contributed by atoms with Gasteiger partial charge in [0.15, 0.2) is 0 Å². The first-order valence-corrected chi connectivity index (χ1v) is 17.5. The Morgan fingerprint density at radius 3 is 1.11 bits per heavy atom. The number of hydrogen-bond acceptors (Lipinski definition) is 2. The maximum atomic E-state index is 2.63. The van der Waals surface area contributed by atoms with Crippen LogP contribution in [0.5, 0.6) is 0 Å². The monoisotopic (exact) mass is 519 g/mol. The molecule has 1 rings (SSSR count). The van der Waals surface area contributed by atoms with Gasteiger partial charge in [0, 0.05) is 26.0 Å². The average Bonchev–Trinajstić information content (AvgIpc) is 3.25. The first-order chi connectivity index (χ1) is 18.3. The van der Waals surface area contributed by atoms with Crippen LogP contribution in [0, 0.1) is 0 Å². The van der Waals surface area contributed by atoms with Crippen molar-refractivity contribution in [2.75, 3.05) is 13.6 Å². The third kappa shape index (κ3) is 20.9. The van der Waals surface area contributed by atoms with Gasteiger partial charge in [-0.2, -0.15) is 0 Å². The summed E-state index contributed by atoms with van der Waals surface area (Å²) in [5, 5.41) is 0. The highest BCUT2D eigenvalue weighted by Crippen LogP contribution is 2.22. The second kappa shape index (κ2) is 26.9. The van der Waals surface area contributed by atoms with Crippen molar-refractivity contribution in [3.05, 3.63) is 12.4 Å². The molecule has 0 fully saturated rings. The summed E-state index contributed by atoms with van der Waals surface area (Å²) in [7, 11) is 2.27. The van der Waals surface area contributed by atoms with E-state index >= 15 is 0 Å². The maximum absolute atomic E-state index is 2.63. The molecule has 0 spiro atoms. The Labute approximate surface area is 235 Å². The molecule has 0 amide bonds. The molecule has 220 valence electrons. The molecule has 2 heteroatoms. The molecule has 0 aromatic rings. The van der Waals surface area contributed by atoms with E-state index < -0.39 is 0 Å². The second-order valence-electron chi connectivity index (χ2n) is 12.3. The molecule has 1 heterocycles. The fraction of sp³-hybridized carbons (Fsp3) is 0.943. The van der Waals surface area contributed by atoms with Gasteiger partial charge in [-0.1, -0.05) is 174 Å². The standard InChI is InChI=1S/C35H70N2/c1-4-6-8-10-12-14-16-18-19-20-22-24-26-28-30-32-37-34-33-36(3)35(37)31-29-27-25-23-21-17-15-13-11-9-7-5-2/h33-35H,4-32H2,1-3H3. The Morgan fingerprint density at radius 2 is 0.730 bits per heavy atom. The van der Waals surface area contributed by atoms with E-state index in [1.54, 1.807) is 0 Å². The molecule has 0 radical (unpaired) electrons. The lowest BCUT2D eigenvalue weighted by Crippen LogP contribution is -2.37. The predicted octanol–water partition coefficient (Wildman–Crippen LogP) is 12.0. The fourth-order valence-electron chi connectivity index (χ4n) is 6.05. The topological polar surface area (TPSA) is 6.48 Å². The summed E-state index contributed by atoms with van der Waals surface area (Å²) in [6.45, 7) is 5.86. The largest absolute Gasteiger partial charge is 0.359 e. The molecular weight excluding hydrogens is 448 g/mol. The van der Waals surface area contributed by atoms with E-state index in [1.165, 1.54) is 186 Å². The Balaban J connectivity index is 1.88. The molecule has 1 aliphatic rings. The van der Waals surface area contributed by atoms with Crippen molar-refractivity contribution in [3.63, 3.8) is 0 Å². The van der Waals surface area contributed by atoms with Gasteiger partial charge in [-0.05, 0) is 19.3 Å². The van der Waals surface area contributed by atoms with Gasteiger partial charge in [-0.3, -0.25) is 0 Å². The maximum Gasteiger partial charge on any atom is 0.100 e. The van der Waals surface area contributed by atoms with Crippen LogP contribution in [0.25, 0.3) is 0 Å². The Bertz CT molecular complexity index is 474. The summed E-state index contributed by atoms with van der Waals surface area (Å²) in [4.78, 5) is 5.07. The van der Waals surface area contributed by atoms with Crippen molar-refractivity contribution < 1.29 is 0 Å². The van der Waals surface area contributed by atoms with Gasteiger partial charge in [-0.15, -0.1) is 0 Å². The summed E-state index contributed by atoms with van der Waals surface area (Å²) >= 11 is 0. The van der Waals surface area contributed by atoms with Crippen molar-refractivity contribution in [2.24, 2.45) is 0 Å². The third-order valence-electron chi connectivity index (χ3n) is 8.68. The highest BCUT2D eigenvalue weighted by Gasteiger charge is 2.22. The quantitative estimate of drug-likeness (QED) is 0.0908. The first kappa shape index (κ1) is 34.4. The summed E-state index contributed by atoms with van der Waals surface area (Å²) in [5.74, 6) is 0. The highest BCUT2D eigenvalue weighted by atomic mass is 15.4. The second-order valence-corrected chi connectivity index (χ2v) is 12.3. The molecule has 0 aliphatic carbocycles. The summed E-state index contributed by atoms with van der Waals surface area (Å²) < 4.78 is 0. The first-order valence-electron chi connectivity index (χ1n) is 17.5. The minimum atomic E-state index is 0.620. The Morgan fingerprint density at radius 1 is 0.405 bits per heavy atom. The van der Waals surface area contributed by atoms with Gasteiger partial charge in [0.2, 0.25) is 0 Å². The average molecular weight is 519 g/mol. The van der Waals surface area contributed by atoms with Crippen LogP contribution < -0.4 is 0 Å². The van der Waals surface area contributed by atoms with Crippen molar-refractivity contribution in [1.82, 2.24) is 9.80 Å². The van der Waals surface area contributed by atoms with Gasteiger partial charge in [-0.25, -0.2) is 0 Å². The molecule has 1 aliphatic heterocycles. The fourth-order valence-corrected chi connectivity index (χ4v) is 6.05. The Hall–Kier alpha value is -0.660. The molecule has 0 saturated heterocycles. The molecule has 0 saturated carbocycles. The molecular formula is C35H70N2. The Kier molecular flexibility index (Phi) is 25.0. The predicted molar refractivity (Wildman–Crippen MR) is 168 cm³/mol. The van der Waals surface area contributed by atoms with E-state index in [0.717, 1.165) is 0 Å². The lowest BCUT2D eigenvalue weighted by molar-refractivity contribution is 0.159. The minimum Gasteiger partial charge on any atom is -0.359 e. The molecule has 2 nitrogen and oxygen atoms in total. The van der Waals surface area contributed by atoms with E-state index in [-0.39, 0.29) is 0 Å². The number of unbranched alkanes of at least 4 members (excludes halogenated alkanes) is 25. The van der Waals surface area contributed by atoms with E-state index in [2.05, 4.69) is 43.1 Å². The normalized spacial score (nSPS) is 15.4. The van der Waals surface area contributed by atoms with Crippen LogP contribution in [0.1, 0.15) is 194 Å². The molecule has 0 aromatic carbocycles. The molecule has 1 unspecified atom stereocenters. The van der Waals surface area contributed by atoms with Gasteiger partial charge in [0.1, 0.15) is 6.17 Å². The van der Waals surface area contributed by atoms with Crippen LogP contribution in [0.3, 0.4) is 0 Å². The van der Waals surface area contributed by atoms with E-state index in [0.29, 0.717) is 6.17 Å². The number of hydrogen-bond donors (Lipinski definition) is 0. The summed E-state index contributed by atoms with van der Waals surface area (Å²) in [6, 6.07) is 0. The molecule has 0 N–H and O–H groups in total. The van der Waals surface area contributed by atoms with Gasteiger partial charge < -0.3 is 9.80 Å². The van der Waals surface area contributed by atoms with Crippen LogP contribution in [0.2, 0.25) is 0 Å². The molecule has 0 bridgehead atoms. The summed E-state index contributed by atoms with van der Waals surface area (Å²) in [6.07, 6.45) is 45.6. The minimum absolute atomic E-state index is 0.620. The zero-order valence-corrected chi connectivity index (χ0v) is 26.1. The van der Waals surface area contributed by atoms with Crippen LogP contribution in [-0.4, -0.2) is 29.6 Å². The van der Waals surface area contributed by atoms with Crippen LogP contribution in [0.15, 0.2) is 12.4 Å². The lowest BCUT2D eigenvalue weighted by atomic mass is 10.0. The molecule has 0 aromatic heterocycles. The third-order valence-corrected chi connectivity index (χ3v) is 8.68. The van der Waals surface area contributed by atoms with Crippen LogP contribution >= 0.6 is 0 Å². The van der Waals surface area contributed by atoms with Crippen LogP contribution in [-0.2, 0) is 0 Å². The van der Waals surface area contributed by atoms with Crippen LogP contribution in [0.4, 0.5) is 0 Å². The van der Waals surface area contributed by atoms with E-state index in [4.69, 9.17) is 0 Å². The van der Waals surface area contributed by atoms with Crippen molar-refractivity contribution in [3.8, 4) is 0 Å². The van der Waals surface area contributed by atoms with Gasteiger partial charge in [0.25, 0.3) is 0 Å². The van der Waals surface area contributed by atoms with Gasteiger partial charge in [0.05, 0.1) is 0 Å². The highest BCUT2D eigenvalue weighted by molar-refractivity contribution is 4.95. The zero-order chi connectivity index (χ0) is 26.7. The van der Waals surface area contributed by atoms with Gasteiger partial charge >= 0.3 is 0 Å².